The highest BCUT2D eigenvalue weighted by Crippen LogP contribution is 2.20. The fourth-order valence-electron chi connectivity index (χ4n) is 4.63. The van der Waals surface area contributed by atoms with Crippen LogP contribution in [-0.4, -0.2) is 21.2 Å². The quantitative estimate of drug-likeness (QED) is 0.370. The average Bonchev–Trinajstić information content (AvgIpc) is 2.88. The number of rotatable bonds is 8. The summed E-state index contributed by atoms with van der Waals surface area (Å²) in [6.45, 7) is 8.54. The molecule has 0 atom stereocenters. The summed E-state index contributed by atoms with van der Waals surface area (Å²) in [5, 5.41) is 4.48. The predicted octanol–water partition coefficient (Wildman–Crippen LogP) is 4.25. The van der Waals surface area contributed by atoms with E-state index in [-0.39, 0.29) is 5.03 Å². The van der Waals surface area contributed by atoms with Crippen molar-refractivity contribution in [3.63, 3.8) is 0 Å². The van der Waals surface area contributed by atoms with Crippen molar-refractivity contribution in [3.05, 3.63) is 146 Å². The molecule has 1 nitrogen and oxygen atoms in total. The van der Waals surface area contributed by atoms with Crippen molar-refractivity contribution in [1.29, 1.82) is 0 Å². The topological polar surface area (TPSA) is 17.1 Å². The van der Waals surface area contributed by atoms with Gasteiger partial charge in [0, 0.05) is 0 Å². The summed E-state index contributed by atoms with van der Waals surface area (Å²) in [6, 6.07) is 40.7. The Balaban J connectivity index is 2.09. The standard InChI is InChI=1S/C29H26OSi2/c1-3-31(25-17-9-5-10-18-25,26-19-11-6-12-20-26)29(30)32(4-2,27-21-13-7-14-22-27)28-23-15-8-16-24-28/h3-24H,1-2H2. The molecule has 0 saturated heterocycles. The second kappa shape index (κ2) is 9.31. The molecule has 0 N–H and O–H groups in total. The lowest BCUT2D eigenvalue weighted by molar-refractivity contribution is 0.273. The van der Waals surface area contributed by atoms with Crippen molar-refractivity contribution < 1.29 is 4.79 Å². The molecule has 0 aliphatic carbocycles. The minimum Gasteiger partial charge on any atom is -0.308 e. The van der Waals surface area contributed by atoms with Crippen LogP contribution in [0.15, 0.2) is 146 Å². The van der Waals surface area contributed by atoms with Crippen molar-refractivity contribution >= 4 is 41.9 Å². The molecule has 0 aromatic heterocycles. The van der Waals surface area contributed by atoms with Gasteiger partial charge in [0.05, 0.1) is 0 Å². The van der Waals surface area contributed by atoms with Crippen LogP contribution >= 0.6 is 0 Å². The lowest BCUT2D eigenvalue weighted by Gasteiger charge is -2.37. The third-order valence-electron chi connectivity index (χ3n) is 6.25. The van der Waals surface area contributed by atoms with Crippen LogP contribution in [0, 0.1) is 0 Å². The second-order valence-corrected chi connectivity index (χ2v) is 15.6. The van der Waals surface area contributed by atoms with Gasteiger partial charge < -0.3 is 4.79 Å². The highest BCUT2D eigenvalue weighted by Gasteiger charge is 2.54. The Morgan fingerprint density at radius 1 is 0.469 bits per heavy atom. The number of carbonyl (C=O) groups is 1. The van der Waals surface area contributed by atoms with Gasteiger partial charge in [0.1, 0.15) is 5.03 Å². The van der Waals surface area contributed by atoms with Gasteiger partial charge in [0.25, 0.3) is 0 Å². The molecule has 0 fully saturated rings. The van der Waals surface area contributed by atoms with Crippen LogP contribution in [0.25, 0.3) is 0 Å². The van der Waals surface area contributed by atoms with Gasteiger partial charge in [0.2, 0.25) is 16.1 Å². The molecule has 0 spiro atoms. The van der Waals surface area contributed by atoms with Crippen LogP contribution in [0.2, 0.25) is 0 Å². The molecule has 4 aromatic rings. The third-order valence-corrected chi connectivity index (χ3v) is 16.2. The van der Waals surface area contributed by atoms with Gasteiger partial charge in [-0.2, -0.15) is 0 Å². The molecule has 156 valence electrons. The summed E-state index contributed by atoms with van der Waals surface area (Å²) in [6.07, 6.45) is 0. The zero-order valence-electron chi connectivity index (χ0n) is 18.0. The van der Waals surface area contributed by atoms with Crippen molar-refractivity contribution in [2.75, 3.05) is 0 Å². The van der Waals surface area contributed by atoms with E-state index in [4.69, 9.17) is 0 Å². The van der Waals surface area contributed by atoms with Crippen molar-refractivity contribution in [3.8, 4) is 0 Å². The highest BCUT2D eigenvalue weighted by molar-refractivity contribution is 7.49. The van der Waals surface area contributed by atoms with Crippen LogP contribution in [0.3, 0.4) is 0 Å². The molecule has 0 aliphatic rings. The van der Waals surface area contributed by atoms with Crippen LogP contribution in [0.5, 0.6) is 0 Å². The van der Waals surface area contributed by atoms with E-state index in [1.807, 2.05) is 84.2 Å². The number of benzene rings is 4. The van der Waals surface area contributed by atoms with Gasteiger partial charge in [-0.05, 0) is 20.7 Å². The number of hydrogen-bond acceptors (Lipinski definition) is 1. The van der Waals surface area contributed by atoms with E-state index in [1.54, 1.807) is 0 Å². The zero-order chi connectivity index (χ0) is 22.4. The Bertz CT molecular complexity index is 1030. The maximum atomic E-state index is 15.1. The molecule has 0 unspecified atom stereocenters. The Morgan fingerprint density at radius 2 is 0.688 bits per heavy atom. The molecule has 0 radical (unpaired) electrons. The molecule has 0 bridgehead atoms. The maximum Gasteiger partial charge on any atom is 0.211 e. The van der Waals surface area contributed by atoms with Crippen LogP contribution < -0.4 is 20.7 Å². The number of carbonyl (C=O) groups excluding carboxylic acids is 1. The largest absolute Gasteiger partial charge is 0.308 e. The van der Waals surface area contributed by atoms with Gasteiger partial charge in [-0.3, -0.25) is 0 Å². The fraction of sp³-hybridized carbons (Fsp3) is 0. The first kappa shape index (κ1) is 21.7. The normalized spacial score (nSPS) is 11.5. The van der Waals surface area contributed by atoms with E-state index >= 15 is 4.79 Å². The first-order chi connectivity index (χ1) is 15.7. The lowest BCUT2D eigenvalue weighted by atomic mass is 10.4. The summed E-state index contributed by atoms with van der Waals surface area (Å²) in [7, 11) is -6.06. The Kier molecular flexibility index (Phi) is 6.31. The molecule has 4 aromatic carbocycles. The monoisotopic (exact) mass is 446 g/mol. The SMILES string of the molecule is C=C[Si](C(=O)[Si](C=C)(c1ccccc1)c1ccccc1)(c1ccccc1)c1ccccc1. The minimum absolute atomic E-state index is 0.268. The molecule has 4 rings (SSSR count). The molecule has 3 heteroatoms. The lowest BCUT2D eigenvalue weighted by Crippen LogP contribution is -2.76. The Morgan fingerprint density at radius 3 is 0.875 bits per heavy atom. The molecule has 32 heavy (non-hydrogen) atoms. The molecular weight excluding hydrogens is 420 g/mol. The van der Waals surface area contributed by atoms with Crippen LogP contribution in [-0.2, 0) is 0 Å². The van der Waals surface area contributed by atoms with Crippen molar-refractivity contribution in [1.82, 2.24) is 0 Å². The van der Waals surface area contributed by atoms with Gasteiger partial charge >= 0.3 is 0 Å². The summed E-state index contributed by atoms with van der Waals surface area (Å²) in [5.41, 5.74) is 3.91. The molecule has 0 amide bonds. The molecule has 0 heterocycles. The molecule has 0 aliphatic heterocycles. The zero-order valence-corrected chi connectivity index (χ0v) is 20.0. The van der Waals surface area contributed by atoms with Crippen LogP contribution in [0.4, 0.5) is 4.79 Å². The van der Waals surface area contributed by atoms with Gasteiger partial charge in [-0.15, -0.1) is 13.2 Å². The smallest absolute Gasteiger partial charge is 0.211 e. The predicted molar refractivity (Wildman–Crippen MR) is 142 cm³/mol. The maximum absolute atomic E-state index is 15.1. The highest BCUT2D eigenvalue weighted by atomic mass is 28.4. The number of hydrogen-bond donors (Lipinski definition) is 0. The Hall–Kier alpha value is -3.54. The van der Waals surface area contributed by atoms with Crippen molar-refractivity contribution in [2.45, 2.75) is 0 Å². The summed E-state index contributed by atoms with van der Waals surface area (Å²) < 4.78 is 0. The first-order valence-corrected chi connectivity index (χ1v) is 14.9. The first-order valence-electron chi connectivity index (χ1n) is 10.7. The molecule has 0 saturated carbocycles. The average molecular weight is 447 g/mol. The summed E-state index contributed by atoms with van der Waals surface area (Å²) in [4.78, 5) is 15.1. The van der Waals surface area contributed by atoms with E-state index in [0.717, 1.165) is 20.7 Å². The fourth-order valence-corrected chi connectivity index (χ4v) is 15.4. The Labute approximate surface area is 192 Å². The van der Waals surface area contributed by atoms with Crippen LogP contribution in [0.1, 0.15) is 0 Å². The van der Waals surface area contributed by atoms with Gasteiger partial charge in [-0.1, -0.05) is 133 Å². The van der Waals surface area contributed by atoms with Crippen molar-refractivity contribution in [2.24, 2.45) is 0 Å². The van der Waals surface area contributed by atoms with Gasteiger partial charge in [-0.25, -0.2) is 0 Å². The van der Waals surface area contributed by atoms with E-state index in [0.29, 0.717) is 0 Å². The minimum atomic E-state index is -3.03. The van der Waals surface area contributed by atoms with E-state index in [1.165, 1.54) is 0 Å². The van der Waals surface area contributed by atoms with E-state index < -0.39 is 16.1 Å². The summed E-state index contributed by atoms with van der Waals surface area (Å²) in [5.74, 6) is 0. The van der Waals surface area contributed by atoms with E-state index in [9.17, 15) is 0 Å². The van der Waals surface area contributed by atoms with Gasteiger partial charge in [0.15, 0.2) is 0 Å². The third kappa shape index (κ3) is 3.46. The summed E-state index contributed by atoms with van der Waals surface area (Å²) >= 11 is 0. The second-order valence-electron chi connectivity index (χ2n) is 7.82. The molecular formula is C29H26OSi2. The van der Waals surface area contributed by atoms with E-state index in [2.05, 4.69) is 61.7 Å².